The van der Waals surface area contributed by atoms with Crippen LogP contribution in [0.1, 0.15) is 26.3 Å². The maximum atomic E-state index is 2.49. The minimum atomic E-state index is -2.16. The summed E-state index contributed by atoms with van der Waals surface area (Å²) in [6, 6.07) is 40.3. The summed E-state index contributed by atoms with van der Waals surface area (Å²) < 4.78 is 0. The van der Waals surface area contributed by atoms with Gasteiger partial charge in [0.1, 0.15) is 0 Å². The summed E-state index contributed by atoms with van der Waals surface area (Å²) >= 11 is 0. The van der Waals surface area contributed by atoms with Crippen LogP contribution in [0.2, 0.25) is 0 Å². The van der Waals surface area contributed by atoms with Crippen molar-refractivity contribution in [2.45, 2.75) is 26.2 Å². The predicted molar refractivity (Wildman–Crippen MR) is 137 cm³/mol. The van der Waals surface area contributed by atoms with Gasteiger partial charge in [0.15, 0.2) is 0 Å². The van der Waals surface area contributed by atoms with Crippen LogP contribution >= 0.6 is 7.26 Å². The summed E-state index contributed by atoms with van der Waals surface area (Å²) in [7, 11) is -2.16. The Bertz CT molecular complexity index is 1060. The molecule has 152 valence electrons. The third-order valence-electron chi connectivity index (χ3n) is 6.23. The van der Waals surface area contributed by atoms with Gasteiger partial charge in [-0.05, 0) is 0 Å². The van der Waals surface area contributed by atoms with Gasteiger partial charge in [0, 0.05) is 0 Å². The van der Waals surface area contributed by atoms with Crippen LogP contribution in [0, 0.1) is 0 Å². The summed E-state index contributed by atoms with van der Waals surface area (Å²) in [6.45, 7) is 9.29. The van der Waals surface area contributed by atoms with Crippen LogP contribution in [0.4, 0.5) is 0 Å². The first kappa shape index (κ1) is 20.6. The van der Waals surface area contributed by atoms with Crippen molar-refractivity contribution >= 4 is 23.2 Å². The Morgan fingerprint density at radius 1 is 0.533 bits per heavy atom. The average Bonchev–Trinajstić information content (AvgIpc) is 2.79. The third-order valence-corrected chi connectivity index (χ3v) is 10.7. The predicted octanol–water partition coefficient (Wildman–Crippen LogP) is 6.31. The van der Waals surface area contributed by atoms with Gasteiger partial charge in [-0.2, -0.15) is 0 Å². The van der Waals surface area contributed by atoms with E-state index in [2.05, 4.69) is 137 Å². The number of hydrogen-bond acceptors (Lipinski definition) is 0. The fraction of sp³-hybridized carbons (Fsp3) is 0.172. The van der Waals surface area contributed by atoms with E-state index in [9.17, 15) is 0 Å². The molecule has 0 saturated heterocycles. The van der Waals surface area contributed by atoms with E-state index in [1.807, 2.05) is 0 Å². The van der Waals surface area contributed by atoms with Crippen molar-refractivity contribution in [1.82, 2.24) is 0 Å². The molecule has 0 atom stereocenters. The zero-order valence-electron chi connectivity index (χ0n) is 18.4. The molecular formula is C29H31P. The Kier molecular flexibility index (Phi) is 5.63. The van der Waals surface area contributed by atoms with E-state index in [0.717, 1.165) is 0 Å². The van der Waals surface area contributed by atoms with Crippen LogP contribution in [0.3, 0.4) is 0 Å². The molecule has 0 nitrogen and oxygen atoms in total. The van der Waals surface area contributed by atoms with Gasteiger partial charge in [0.25, 0.3) is 0 Å². The van der Waals surface area contributed by atoms with E-state index in [1.54, 1.807) is 0 Å². The first-order valence-corrected chi connectivity index (χ1v) is 13.2. The Labute approximate surface area is 182 Å². The van der Waals surface area contributed by atoms with E-state index < -0.39 is 7.26 Å². The van der Waals surface area contributed by atoms with E-state index in [4.69, 9.17) is 0 Å². The quantitative estimate of drug-likeness (QED) is 0.346. The van der Waals surface area contributed by atoms with Gasteiger partial charge in [-0.15, -0.1) is 0 Å². The molecule has 0 aliphatic heterocycles. The first-order chi connectivity index (χ1) is 14.4. The molecule has 0 amide bonds. The van der Waals surface area contributed by atoms with Crippen molar-refractivity contribution in [2.75, 3.05) is 6.66 Å². The van der Waals surface area contributed by atoms with Crippen LogP contribution in [-0.4, -0.2) is 6.66 Å². The topological polar surface area (TPSA) is 0 Å². The van der Waals surface area contributed by atoms with Crippen molar-refractivity contribution in [3.63, 3.8) is 0 Å². The molecule has 0 spiro atoms. The second kappa shape index (κ2) is 8.21. The van der Waals surface area contributed by atoms with Crippen LogP contribution in [0.15, 0.2) is 109 Å². The third kappa shape index (κ3) is 3.85. The Morgan fingerprint density at radius 3 is 1.50 bits per heavy atom. The molecule has 0 aliphatic rings. The van der Waals surface area contributed by atoms with Crippen LogP contribution < -0.4 is 15.9 Å². The minimum absolute atomic E-state index is 0.162. The second-order valence-corrected chi connectivity index (χ2v) is 13.2. The van der Waals surface area contributed by atoms with Gasteiger partial charge in [0.2, 0.25) is 0 Å². The van der Waals surface area contributed by atoms with Crippen LogP contribution in [0.5, 0.6) is 0 Å². The molecule has 0 saturated carbocycles. The summed E-state index contributed by atoms with van der Waals surface area (Å²) in [6.07, 6.45) is 0. The van der Waals surface area contributed by atoms with Crippen molar-refractivity contribution in [3.8, 4) is 11.1 Å². The number of hydrogen-bond donors (Lipinski definition) is 0. The summed E-state index contributed by atoms with van der Waals surface area (Å²) in [5, 5.41) is 4.34. The molecule has 30 heavy (non-hydrogen) atoms. The van der Waals surface area contributed by atoms with Gasteiger partial charge in [0.05, 0.1) is 0 Å². The molecule has 0 bridgehead atoms. The van der Waals surface area contributed by atoms with Gasteiger partial charge in [-0.3, -0.25) is 0 Å². The Balaban J connectivity index is 1.92. The molecular weight excluding hydrogens is 379 g/mol. The fourth-order valence-corrected chi connectivity index (χ4v) is 8.21. The molecule has 4 aromatic carbocycles. The SMILES string of the molecule is CC(C)(C)c1ccc(-c2ccccc2[PH](C)(c2ccccc2)c2ccccc2)cc1. The zero-order valence-corrected chi connectivity index (χ0v) is 19.4. The molecule has 0 heterocycles. The van der Waals surface area contributed by atoms with Crippen molar-refractivity contribution in [3.05, 3.63) is 115 Å². The van der Waals surface area contributed by atoms with Gasteiger partial charge < -0.3 is 0 Å². The molecule has 4 aromatic rings. The molecule has 0 radical (unpaired) electrons. The molecule has 0 unspecified atom stereocenters. The molecule has 0 N–H and O–H groups in total. The number of benzene rings is 4. The van der Waals surface area contributed by atoms with Crippen molar-refractivity contribution in [1.29, 1.82) is 0 Å². The second-order valence-electron chi connectivity index (χ2n) is 9.23. The zero-order chi connectivity index (χ0) is 21.2. The van der Waals surface area contributed by atoms with E-state index in [0.29, 0.717) is 0 Å². The normalized spacial score (nSPS) is 12.5. The Morgan fingerprint density at radius 2 is 1.00 bits per heavy atom. The standard InChI is InChI=1S/C29H31P/c1-29(2,3)24-21-19-23(20-22-24)27-17-11-12-18-28(27)30(4,25-13-7-5-8-14-25)26-15-9-6-10-16-26/h5-22,30H,1-4H3. The monoisotopic (exact) mass is 410 g/mol. The van der Waals surface area contributed by atoms with E-state index in [1.165, 1.54) is 32.6 Å². The Hall–Kier alpha value is -2.69. The van der Waals surface area contributed by atoms with Gasteiger partial charge >= 0.3 is 182 Å². The summed E-state index contributed by atoms with van der Waals surface area (Å²) in [5.74, 6) is 0. The first-order valence-electron chi connectivity index (χ1n) is 10.7. The van der Waals surface area contributed by atoms with Crippen LogP contribution in [-0.2, 0) is 5.41 Å². The molecule has 1 heteroatoms. The fourth-order valence-electron chi connectivity index (χ4n) is 4.34. The van der Waals surface area contributed by atoms with Crippen molar-refractivity contribution in [2.24, 2.45) is 0 Å². The van der Waals surface area contributed by atoms with E-state index in [-0.39, 0.29) is 5.41 Å². The summed E-state index contributed by atoms with van der Waals surface area (Å²) in [4.78, 5) is 0. The molecule has 4 rings (SSSR count). The molecule has 0 aromatic heterocycles. The van der Waals surface area contributed by atoms with Crippen molar-refractivity contribution < 1.29 is 0 Å². The molecule has 0 fully saturated rings. The van der Waals surface area contributed by atoms with Gasteiger partial charge in [-0.1, -0.05) is 0 Å². The molecule has 0 aliphatic carbocycles. The average molecular weight is 411 g/mol. The van der Waals surface area contributed by atoms with Crippen LogP contribution in [0.25, 0.3) is 11.1 Å². The van der Waals surface area contributed by atoms with Gasteiger partial charge in [-0.25, -0.2) is 0 Å². The summed E-state index contributed by atoms with van der Waals surface area (Å²) in [5.41, 5.74) is 4.17. The number of rotatable bonds is 4. The van der Waals surface area contributed by atoms with E-state index >= 15 is 0 Å². The maximum absolute atomic E-state index is 2.49.